The van der Waals surface area contributed by atoms with Gasteiger partial charge < -0.3 is 16.0 Å². The number of H-pyrrole nitrogens is 1. The van der Waals surface area contributed by atoms with Crippen molar-refractivity contribution in [3.63, 3.8) is 0 Å². The molecule has 0 saturated heterocycles. The van der Waals surface area contributed by atoms with Crippen LogP contribution in [0.4, 0.5) is 0 Å². The molecule has 4 N–H and O–H groups in total. The maximum Gasteiger partial charge on any atom is 0.253 e. The second kappa shape index (κ2) is 7.29. The number of hydrogen-bond donors (Lipinski definition) is 3. The van der Waals surface area contributed by atoms with E-state index in [9.17, 15) is 9.59 Å². The predicted molar refractivity (Wildman–Crippen MR) is 90.2 cm³/mol. The van der Waals surface area contributed by atoms with Gasteiger partial charge in [-0.05, 0) is 45.2 Å². The predicted octanol–water partition coefficient (Wildman–Crippen LogP) is 1.94. The van der Waals surface area contributed by atoms with Crippen molar-refractivity contribution < 1.29 is 4.79 Å². The largest absolute Gasteiger partial charge is 0.352 e. The number of pyridine rings is 1. The molecule has 0 radical (unpaired) electrons. The highest BCUT2D eigenvalue weighted by Gasteiger charge is 2.37. The van der Waals surface area contributed by atoms with E-state index in [1.165, 1.54) is 0 Å². The van der Waals surface area contributed by atoms with Gasteiger partial charge in [0.1, 0.15) is 0 Å². The fourth-order valence-corrected chi connectivity index (χ4v) is 3.19. The van der Waals surface area contributed by atoms with E-state index < -0.39 is 5.54 Å². The van der Waals surface area contributed by atoms with E-state index in [2.05, 4.69) is 10.3 Å². The Morgan fingerprint density at radius 3 is 2.73 bits per heavy atom. The molecule has 1 aromatic rings. The molecule has 0 aromatic carbocycles. The van der Waals surface area contributed by atoms with Crippen LogP contribution < -0.4 is 16.6 Å². The third-order valence-corrected chi connectivity index (χ3v) is 4.50. The molecule has 1 heterocycles. The standard InChI is InChI=1S/C16H25N3O2.ClH/c1-10-8-11(2)19-14(20)12(10)9-18-15(21)13-6-4-5-7-16(13,3)17;/h8,13H,4-7,9,17H2,1-3H3,(H,18,21)(H,19,20);1H. The molecule has 1 saturated carbocycles. The first-order valence-electron chi connectivity index (χ1n) is 7.57. The molecule has 6 heteroatoms. The van der Waals surface area contributed by atoms with Crippen LogP contribution in [0.3, 0.4) is 0 Å². The minimum Gasteiger partial charge on any atom is -0.352 e. The Morgan fingerprint density at radius 1 is 1.45 bits per heavy atom. The summed E-state index contributed by atoms with van der Waals surface area (Å²) >= 11 is 0. The summed E-state index contributed by atoms with van der Waals surface area (Å²) in [6, 6.07) is 1.91. The van der Waals surface area contributed by atoms with Gasteiger partial charge in [0.15, 0.2) is 0 Å². The zero-order valence-electron chi connectivity index (χ0n) is 13.5. The summed E-state index contributed by atoms with van der Waals surface area (Å²) in [5.74, 6) is -0.213. The van der Waals surface area contributed by atoms with Gasteiger partial charge in [0.05, 0.1) is 5.92 Å². The Morgan fingerprint density at radius 2 is 2.14 bits per heavy atom. The first-order valence-corrected chi connectivity index (χ1v) is 7.57. The van der Waals surface area contributed by atoms with E-state index in [1.54, 1.807) is 0 Å². The van der Waals surface area contributed by atoms with Gasteiger partial charge in [-0.25, -0.2) is 0 Å². The first kappa shape index (κ1) is 18.7. The average Bonchev–Trinajstić information content (AvgIpc) is 2.36. The van der Waals surface area contributed by atoms with Gasteiger partial charge in [0, 0.05) is 23.3 Å². The topological polar surface area (TPSA) is 88.0 Å². The number of aromatic amines is 1. The van der Waals surface area contributed by atoms with Crippen molar-refractivity contribution >= 4 is 18.3 Å². The number of hydrogen-bond acceptors (Lipinski definition) is 3. The van der Waals surface area contributed by atoms with Gasteiger partial charge in [0.2, 0.25) is 5.91 Å². The average molecular weight is 328 g/mol. The Labute approximate surface area is 137 Å². The highest BCUT2D eigenvalue weighted by atomic mass is 35.5. The smallest absolute Gasteiger partial charge is 0.253 e. The molecule has 1 fully saturated rings. The molecule has 2 unspecified atom stereocenters. The number of aryl methyl sites for hydroxylation is 2. The minimum atomic E-state index is -0.447. The Kier molecular flexibility index (Phi) is 6.20. The molecule has 0 aliphatic heterocycles. The summed E-state index contributed by atoms with van der Waals surface area (Å²) in [5.41, 5.74) is 8.00. The van der Waals surface area contributed by atoms with Crippen LogP contribution in [-0.2, 0) is 11.3 Å². The fourth-order valence-electron chi connectivity index (χ4n) is 3.19. The van der Waals surface area contributed by atoms with Crippen molar-refractivity contribution in [3.8, 4) is 0 Å². The minimum absolute atomic E-state index is 0. The van der Waals surface area contributed by atoms with Crippen molar-refractivity contribution in [1.29, 1.82) is 0 Å². The summed E-state index contributed by atoms with van der Waals surface area (Å²) in [5, 5.41) is 2.89. The molecular formula is C16H26ClN3O2. The maximum absolute atomic E-state index is 12.4. The second-order valence-corrected chi connectivity index (χ2v) is 6.47. The fraction of sp³-hybridized carbons (Fsp3) is 0.625. The highest BCUT2D eigenvalue weighted by molar-refractivity contribution is 5.85. The van der Waals surface area contributed by atoms with Crippen LogP contribution in [0.15, 0.2) is 10.9 Å². The first-order chi connectivity index (χ1) is 9.81. The molecule has 2 atom stereocenters. The van der Waals surface area contributed by atoms with Crippen molar-refractivity contribution in [3.05, 3.63) is 33.2 Å². The molecule has 0 bridgehead atoms. The van der Waals surface area contributed by atoms with E-state index in [4.69, 9.17) is 5.73 Å². The van der Waals surface area contributed by atoms with Crippen molar-refractivity contribution in [2.75, 3.05) is 0 Å². The van der Waals surface area contributed by atoms with Crippen LogP contribution in [0.25, 0.3) is 0 Å². The van der Waals surface area contributed by atoms with E-state index in [0.717, 1.165) is 36.9 Å². The summed E-state index contributed by atoms with van der Waals surface area (Å²) in [7, 11) is 0. The van der Waals surface area contributed by atoms with E-state index >= 15 is 0 Å². The van der Waals surface area contributed by atoms with Gasteiger partial charge >= 0.3 is 0 Å². The third kappa shape index (κ3) is 4.11. The van der Waals surface area contributed by atoms with Crippen molar-refractivity contribution in [2.45, 2.75) is 58.5 Å². The Hall–Kier alpha value is -1.33. The van der Waals surface area contributed by atoms with Gasteiger partial charge in [0.25, 0.3) is 5.56 Å². The van der Waals surface area contributed by atoms with Crippen LogP contribution in [0.2, 0.25) is 0 Å². The van der Waals surface area contributed by atoms with Crippen LogP contribution in [0.1, 0.15) is 49.4 Å². The lowest BCUT2D eigenvalue weighted by Gasteiger charge is -2.37. The molecule has 5 nitrogen and oxygen atoms in total. The lowest BCUT2D eigenvalue weighted by Crippen LogP contribution is -2.52. The molecule has 22 heavy (non-hydrogen) atoms. The third-order valence-electron chi connectivity index (χ3n) is 4.50. The molecule has 1 amide bonds. The van der Waals surface area contributed by atoms with E-state index in [0.29, 0.717) is 5.56 Å². The number of halogens is 1. The molecule has 0 spiro atoms. The zero-order chi connectivity index (χ0) is 15.6. The number of carbonyl (C=O) groups is 1. The van der Waals surface area contributed by atoms with Crippen LogP contribution in [0.5, 0.6) is 0 Å². The highest BCUT2D eigenvalue weighted by Crippen LogP contribution is 2.31. The number of rotatable bonds is 3. The van der Waals surface area contributed by atoms with Gasteiger partial charge in [-0.1, -0.05) is 12.8 Å². The summed E-state index contributed by atoms with van der Waals surface area (Å²) in [4.78, 5) is 27.1. The lowest BCUT2D eigenvalue weighted by molar-refractivity contribution is -0.128. The lowest BCUT2D eigenvalue weighted by atomic mass is 9.74. The number of amides is 1. The molecule has 1 aliphatic carbocycles. The van der Waals surface area contributed by atoms with Crippen LogP contribution in [-0.4, -0.2) is 16.4 Å². The number of aromatic nitrogens is 1. The molecular weight excluding hydrogens is 302 g/mol. The van der Waals surface area contributed by atoms with Crippen molar-refractivity contribution in [1.82, 2.24) is 10.3 Å². The number of nitrogens with one attached hydrogen (secondary N) is 2. The van der Waals surface area contributed by atoms with Gasteiger partial charge in [-0.2, -0.15) is 0 Å². The monoisotopic (exact) mass is 327 g/mol. The summed E-state index contributed by atoms with van der Waals surface area (Å²) in [6.07, 6.45) is 3.81. The van der Waals surface area contributed by atoms with Crippen LogP contribution >= 0.6 is 12.4 Å². The van der Waals surface area contributed by atoms with E-state index in [1.807, 2.05) is 26.8 Å². The Balaban J connectivity index is 0.00000242. The zero-order valence-corrected chi connectivity index (χ0v) is 14.3. The molecule has 124 valence electrons. The molecule has 2 rings (SSSR count). The van der Waals surface area contributed by atoms with Crippen molar-refractivity contribution in [2.24, 2.45) is 11.7 Å². The van der Waals surface area contributed by atoms with Gasteiger partial charge in [-0.3, -0.25) is 9.59 Å². The second-order valence-electron chi connectivity index (χ2n) is 6.47. The van der Waals surface area contributed by atoms with Gasteiger partial charge in [-0.15, -0.1) is 12.4 Å². The van der Waals surface area contributed by atoms with Crippen LogP contribution in [0, 0.1) is 19.8 Å². The SMILES string of the molecule is Cc1cc(C)c(CNC(=O)C2CCCCC2(C)N)c(=O)[nH]1.Cl. The Bertz CT molecular complexity index is 596. The maximum atomic E-state index is 12.4. The normalized spacial score (nSPS) is 24.5. The van der Waals surface area contributed by atoms with E-state index in [-0.39, 0.29) is 36.3 Å². The number of nitrogens with two attached hydrogens (primary N) is 1. The number of carbonyl (C=O) groups excluding carboxylic acids is 1. The molecule has 1 aromatic heterocycles. The summed E-state index contributed by atoms with van der Waals surface area (Å²) < 4.78 is 0. The molecule has 1 aliphatic rings. The quantitative estimate of drug-likeness (QED) is 0.792. The summed E-state index contributed by atoms with van der Waals surface area (Å²) in [6.45, 7) is 5.93.